The molecule has 0 fully saturated rings. The molecule has 2 aromatic heterocycles. The normalized spacial score (nSPS) is 11.0. The van der Waals surface area contributed by atoms with E-state index in [2.05, 4.69) is 15.4 Å². The van der Waals surface area contributed by atoms with Crippen molar-refractivity contribution in [2.24, 2.45) is 0 Å². The van der Waals surface area contributed by atoms with Gasteiger partial charge in [-0.1, -0.05) is 0 Å². The van der Waals surface area contributed by atoms with Gasteiger partial charge in [-0.05, 0) is 38.1 Å². The van der Waals surface area contributed by atoms with E-state index in [9.17, 15) is 4.79 Å². The molecule has 7 nitrogen and oxygen atoms in total. The Kier molecular flexibility index (Phi) is 5.06. The maximum atomic E-state index is 12.5. The Morgan fingerprint density at radius 3 is 2.69 bits per heavy atom. The van der Waals surface area contributed by atoms with Crippen LogP contribution in [0.5, 0.6) is 11.5 Å². The van der Waals surface area contributed by atoms with Crippen LogP contribution in [0.25, 0.3) is 11.0 Å². The number of hydrogen-bond acceptors (Lipinski definition) is 5. The quantitative estimate of drug-likeness (QED) is 0.736. The third-order valence-corrected chi connectivity index (χ3v) is 4.11. The minimum Gasteiger partial charge on any atom is -0.497 e. The predicted octanol–water partition coefficient (Wildman–Crippen LogP) is 2.96. The van der Waals surface area contributed by atoms with E-state index in [1.807, 2.05) is 36.7 Å². The lowest BCUT2D eigenvalue weighted by atomic mass is 10.1. The van der Waals surface area contributed by atoms with Gasteiger partial charge in [-0.15, -0.1) is 0 Å². The fraction of sp³-hybridized carbons (Fsp3) is 0.316. The van der Waals surface area contributed by atoms with Crippen LogP contribution < -0.4 is 14.8 Å². The molecule has 0 aliphatic rings. The van der Waals surface area contributed by atoms with Crippen LogP contribution in [0.15, 0.2) is 36.7 Å². The number of pyridine rings is 1. The molecule has 2 heterocycles. The van der Waals surface area contributed by atoms with Crippen LogP contribution in [0, 0.1) is 0 Å². The molecule has 0 radical (unpaired) electrons. The molecule has 0 unspecified atom stereocenters. The summed E-state index contributed by atoms with van der Waals surface area (Å²) < 4.78 is 12.4. The van der Waals surface area contributed by atoms with Crippen LogP contribution in [0.2, 0.25) is 0 Å². The van der Waals surface area contributed by atoms with Crippen molar-refractivity contribution in [3.8, 4) is 11.5 Å². The zero-order chi connectivity index (χ0) is 18.7. The van der Waals surface area contributed by atoms with Crippen LogP contribution in [0.3, 0.4) is 0 Å². The maximum Gasteiger partial charge on any atom is 0.253 e. The van der Waals surface area contributed by atoms with Crippen molar-refractivity contribution in [3.05, 3.63) is 47.8 Å². The highest BCUT2D eigenvalue weighted by Crippen LogP contribution is 2.24. The molecule has 136 valence electrons. The highest BCUT2D eigenvalue weighted by molar-refractivity contribution is 5.96. The molecule has 7 heteroatoms. The van der Waals surface area contributed by atoms with E-state index < -0.39 is 0 Å². The van der Waals surface area contributed by atoms with Gasteiger partial charge < -0.3 is 14.8 Å². The summed E-state index contributed by atoms with van der Waals surface area (Å²) in [4.78, 5) is 16.9. The Bertz CT molecular complexity index is 934. The lowest BCUT2D eigenvalue weighted by molar-refractivity contribution is 0.0950. The molecular formula is C19H22N4O3. The first-order chi connectivity index (χ1) is 12.5. The van der Waals surface area contributed by atoms with Crippen LogP contribution in [-0.4, -0.2) is 34.9 Å². The third-order valence-electron chi connectivity index (χ3n) is 4.11. The number of carbonyl (C=O) groups is 1. The van der Waals surface area contributed by atoms with E-state index in [1.165, 1.54) is 0 Å². The van der Waals surface area contributed by atoms with Crippen molar-refractivity contribution < 1.29 is 14.3 Å². The Hall–Kier alpha value is -3.09. The minimum atomic E-state index is -0.207. The number of nitrogens with zero attached hydrogens (tertiary/aromatic N) is 3. The molecule has 3 aromatic rings. The molecule has 0 saturated carbocycles. The van der Waals surface area contributed by atoms with Gasteiger partial charge in [-0.3, -0.25) is 4.79 Å². The molecule has 0 aliphatic heterocycles. The van der Waals surface area contributed by atoms with Crippen molar-refractivity contribution in [1.29, 1.82) is 0 Å². The lowest BCUT2D eigenvalue weighted by Crippen LogP contribution is -2.23. The fourth-order valence-electron chi connectivity index (χ4n) is 2.74. The number of benzene rings is 1. The largest absolute Gasteiger partial charge is 0.497 e. The van der Waals surface area contributed by atoms with Crippen LogP contribution >= 0.6 is 0 Å². The van der Waals surface area contributed by atoms with Gasteiger partial charge in [-0.25, -0.2) is 9.67 Å². The highest BCUT2D eigenvalue weighted by Gasteiger charge is 2.13. The number of methoxy groups -OCH3 is 2. The third kappa shape index (κ3) is 3.46. The van der Waals surface area contributed by atoms with Gasteiger partial charge in [0.05, 0.1) is 26.0 Å². The van der Waals surface area contributed by atoms with Crippen LogP contribution in [0.4, 0.5) is 0 Å². The van der Waals surface area contributed by atoms with Gasteiger partial charge in [0.15, 0.2) is 5.65 Å². The lowest BCUT2D eigenvalue weighted by Gasteiger charge is -2.11. The number of ether oxygens (including phenoxy) is 2. The van der Waals surface area contributed by atoms with Gasteiger partial charge in [-0.2, -0.15) is 5.10 Å². The first kappa shape index (κ1) is 17.7. The van der Waals surface area contributed by atoms with E-state index in [1.54, 1.807) is 32.7 Å². The smallest absolute Gasteiger partial charge is 0.253 e. The number of fused-ring (bicyclic) bond motifs is 1. The molecular weight excluding hydrogens is 332 g/mol. The van der Waals surface area contributed by atoms with E-state index >= 15 is 0 Å². The van der Waals surface area contributed by atoms with Crippen molar-refractivity contribution in [3.63, 3.8) is 0 Å². The summed E-state index contributed by atoms with van der Waals surface area (Å²) in [5, 5.41) is 8.05. The zero-order valence-corrected chi connectivity index (χ0v) is 15.3. The summed E-state index contributed by atoms with van der Waals surface area (Å²) in [6, 6.07) is 7.47. The summed E-state index contributed by atoms with van der Waals surface area (Å²) >= 11 is 0. The van der Waals surface area contributed by atoms with Gasteiger partial charge in [0, 0.05) is 29.7 Å². The zero-order valence-electron chi connectivity index (χ0n) is 15.3. The fourth-order valence-corrected chi connectivity index (χ4v) is 2.74. The standard InChI is InChI=1S/C19H22N4O3/c1-12(2)23-18-14(11-22-23)7-15(10-20-18)19(24)21-9-13-8-16(25-3)5-6-17(13)26-4/h5-8,10-12H,9H2,1-4H3,(H,21,24). The molecule has 0 spiro atoms. The minimum absolute atomic E-state index is 0.207. The molecule has 0 saturated heterocycles. The van der Waals surface area contributed by atoms with E-state index in [0.29, 0.717) is 23.6 Å². The Morgan fingerprint density at radius 2 is 2.00 bits per heavy atom. The van der Waals surface area contributed by atoms with Crippen molar-refractivity contribution >= 4 is 16.9 Å². The van der Waals surface area contributed by atoms with Gasteiger partial charge >= 0.3 is 0 Å². The number of aromatic nitrogens is 3. The molecule has 1 aromatic carbocycles. The second-order valence-electron chi connectivity index (χ2n) is 6.18. The van der Waals surface area contributed by atoms with Crippen LogP contribution in [-0.2, 0) is 6.54 Å². The number of nitrogens with one attached hydrogen (secondary N) is 1. The number of hydrogen-bond donors (Lipinski definition) is 1. The van der Waals surface area contributed by atoms with Gasteiger partial charge in [0.1, 0.15) is 11.5 Å². The molecule has 1 N–H and O–H groups in total. The number of amides is 1. The van der Waals surface area contributed by atoms with Gasteiger partial charge in [0.25, 0.3) is 5.91 Å². The summed E-state index contributed by atoms with van der Waals surface area (Å²) in [7, 11) is 3.19. The first-order valence-electron chi connectivity index (χ1n) is 8.36. The van der Waals surface area contributed by atoms with Crippen molar-refractivity contribution in [2.45, 2.75) is 26.4 Å². The maximum absolute atomic E-state index is 12.5. The molecule has 0 aliphatic carbocycles. The Balaban J connectivity index is 1.77. The SMILES string of the molecule is COc1ccc(OC)c(CNC(=O)c2cnc3c(cnn3C(C)C)c2)c1. The first-order valence-corrected chi connectivity index (χ1v) is 8.36. The molecule has 0 bridgehead atoms. The summed E-state index contributed by atoms with van der Waals surface area (Å²) in [6.07, 6.45) is 3.30. The summed E-state index contributed by atoms with van der Waals surface area (Å²) in [6.45, 7) is 4.40. The second-order valence-corrected chi connectivity index (χ2v) is 6.18. The predicted molar refractivity (Wildman–Crippen MR) is 98.6 cm³/mol. The molecule has 1 amide bonds. The van der Waals surface area contributed by atoms with E-state index in [4.69, 9.17) is 9.47 Å². The Labute approximate surface area is 151 Å². The molecule has 26 heavy (non-hydrogen) atoms. The molecule has 0 atom stereocenters. The highest BCUT2D eigenvalue weighted by atomic mass is 16.5. The topological polar surface area (TPSA) is 78.3 Å². The van der Waals surface area contributed by atoms with Crippen LogP contribution in [0.1, 0.15) is 35.8 Å². The van der Waals surface area contributed by atoms with E-state index in [0.717, 1.165) is 16.6 Å². The van der Waals surface area contributed by atoms with E-state index in [-0.39, 0.29) is 11.9 Å². The average molecular weight is 354 g/mol. The number of carbonyl (C=O) groups excluding carboxylic acids is 1. The number of rotatable bonds is 6. The Morgan fingerprint density at radius 1 is 1.19 bits per heavy atom. The van der Waals surface area contributed by atoms with Gasteiger partial charge in [0.2, 0.25) is 0 Å². The van der Waals surface area contributed by atoms with Crippen molar-refractivity contribution in [2.75, 3.05) is 14.2 Å². The average Bonchev–Trinajstić information content (AvgIpc) is 3.09. The van der Waals surface area contributed by atoms with Crippen molar-refractivity contribution in [1.82, 2.24) is 20.1 Å². The summed E-state index contributed by atoms with van der Waals surface area (Å²) in [5.74, 6) is 1.19. The second kappa shape index (κ2) is 7.43. The molecule has 3 rings (SSSR count). The summed E-state index contributed by atoms with van der Waals surface area (Å²) in [5.41, 5.74) is 2.09. The monoisotopic (exact) mass is 354 g/mol.